The zero-order valence-electron chi connectivity index (χ0n) is 20.6. The normalized spacial score (nSPS) is 18.2. The highest BCUT2D eigenvalue weighted by Crippen LogP contribution is 2.37. The molecule has 34 heavy (non-hydrogen) atoms. The van der Waals surface area contributed by atoms with E-state index in [1.165, 1.54) is 18.2 Å². The van der Waals surface area contributed by atoms with Crippen molar-refractivity contribution in [3.05, 3.63) is 65.1 Å². The van der Waals surface area contributed by atoms with Gasteiger partial charge in [-0.05, 0) is 78.8 Å². The third-order valence-electron chi connectivity index (χ3n) is 7.08. The number of nitrogens with zero attached hydrogens (tertiary/aromatic N) is 3. The summed E-state index contributed by atoms with van der Waals surface area (Å²) in [7, 11) is 2.13. The fourth-order valence-corrected chi connectivity index (χ4v) is 5.09. The highest BCUT2D eigenvalue weighted by molar-refractivity contribution is 5.95. The second kappa shape index (κ2) is 8.65. The number of aryl methyl sites for hydroxylation is 1. The van der Waals surface area contributed by atoms with Gasteiger partial charge in [0.25, 0.3) is 5.91 Å². The lowest BCUT2D eigenvalue weighted by molar-refractivity contribution is -0.0169. The first kappa shape index (κ1) is 24.1. The third-order valence-corrected chi connectivity index (χ3v) is 7.08. The number of carbonyl (C=O) groups is 1. The Kier molecular flexibility index (Phi) is 6.14. The molecule has 1 aliphatic heterocycles. The number of likely N-dealkylation sites (tertiary alicyclic amines) is 1. The van der Waals surface area contributed by atoms with E-state index >= 15 is 0 Å². The van der Waals surface area contributed by atoms with Gasteiger partial charge in [0.15, 0.2) is 11.4 Å². The van der Waals surface area contributed by atoms with Crippen LogP contribution in [0, 0.1) is 18.6 Å². The number of aromatic nitrogens is 2. The fraction of sp³-hybridized carbons (Fsp3) is 0.462. The molecular formula is C26H32F2N4O2. The number of rotatable bonds is 5. The SMILES string of the molecule is Cc1nc2c(OCc3c(F)cccc3F)cccn2c1C(=O)NC1CC(C)(C)N(C)C(C)(C)C1. The first-order chi connectivity index (χ1) is 15.9. The number of fused-ring (bicyclic) bond motifs is 1. The molecule has 0 saturated carbocycles. The predicted molar refractivity (Wildman–Crippen MR) is 127 cm³/mol. The van der Waals surface area contributed by atoms with Crippen LogP contribution in [0.4, 0.5) is 8.78 Å². The van der Waals surface area contributed by atoms with Crippen molar-refractivity contribution < 1.29 is 18.3 Å². The summed E-state index contributed by atoms with van der Waals surface area (Å²) < 4.78 is 35.4. The molecule has 0 radical (unpaired) electrons. The van der Waals surface area contributed by atoms with Crippen LogP contribution in [0.5, 0.6) is 5.75 Å². The Bertz CT molecular complexity index is 1200. The number of benzene rings is 1. The maximum Gasteiger partial charge on any atom is 0.270 e. The van der Waals surface area contributed by atoms with Gasteiger partial charge >= 0.3 is 0 Å². The number of halogens is 2. The van der Waals surface area contributed by atoms with Gasteiger partial charge in [-0.1, -0.05) is 6.07 Å². The summed E-state index contributed by atoms with van der Waals surface area (Å²) in [5, 5.41) is 3.21. The van der Waals surface area contributed by atoms with Crippen LogP contribution in [0.15, 0.2) is 36.5 Å². The molecule has 1 N–H and O–H groups in total. The molecule has 2 aromatic heterocycles. The number of carbonyl (C=O) groups excluding carboxylic acids is 1. The van der Waals surface area contributed by atoms with Gasteiger partial charge in [0.2, 0.25) is 0 Å². The molecule has 1 amide bonds. The van der Waals surface area contributed by atoms with Gasteiger partial charge in [-0.2, -0.15) is 0 Å². The minimum Gasteiger partial charge on any atom is -0.485 e. The molecule has 8 heteroatoms. The minimum absolute atomic E-state index is 0.0158. The number of imidazole rings is 1. The topological polar surface area (TPSA) is 58.9 Å². The highest BCUT2D eigenvalue weighted by Gasteiger charge is 2.43. The molecule has 1 saturated heterocycles. The van der Waals surface area contributed by atoms with E-state index in [2.05, 4.69) is 49.9 Å². The van der Waals surface area contributed by atoms with Crippen molar-refractivity contribution in [3.63, 3.8) is 0 Å². The average molecular weight is 471 g/mol. The van der Waals surface area contributed by atoms with Crippen molar-refractivity contribution in [1.82, 2.24) is 19.6 Å². The fourth-order valence-electron chi connectivity index (χ4n) is 5.09. The quantitative estimate of drug-likeness (QED) is 0.577. The van der Waals surface area contributed by atoms with Gasteiger partial charge in [-0.3, -0.25) is 14.1 Å². The van der Waals surface area contributed by atoms with E-state index in [1.807, 2.05) is 0 Å². The molecule has 4 rings (SSSR count). The van der Waals surface area contributed by atoms with E-state index in [-0.39, 0.29) is 35.2 Å². The van der Waals surface area contributed by atoms with Crippen LogP contribution in [0.2, 0.25) is 0 Å². The Balaban J connectivity index is 1.58. The lowest BCUT2D eigenvalue weighted by Gasteiger charge is -2.53. The number of pyridine rings is 1. The summed E-state index contributed by atoms with van der Waals surface area (Å²) in [5.74, 6) is -1.21. The van der Waals surface area contributed by atoms with Gasteiger partial charge in [0, 0.05) is 23.3 Å². The highest BCUT2D eigenvalue weighted by atomic mass is 19.1. The molecule has 0 unspecified atom stereocenters. The molecule has 1 aliphatic rings. The summed E-state index contributed by atoms with van der Waals surface area (Å²) in [5.41, 5.74) is 1.13. The minimum atomic E-state index is -0.671. The van der Waals surface area contributed by atoms with Crippen molar-refractivity contribution in [2.75, 3.05) is 7.05 Å². The average Bonchev–Trinajstić information content (AvgIpc) is 3.07. The van der Waals surface area contributed by atoms with Crippen molar-refractivity contribution in [2.45, 2.75) is 71.2 Å². The van der Waals surface area contributed by atoms with Crippen molar-refractivity contribution >= 4 is 11.6 Å². The van der Waals surface area contributed by atoms with Crippen LogP contribution in [0.25, 0.3) is 5.65 Å². The van der Waals surface area contributed by atoms with E-state index in [4.69, 9.17) is 4.74 Å². The van der Waals surface area contributed by atoms with Crippen LogP contribution in [0.1, 0.15) is 62.3 Å². The van der Waals surface area contributed by atoms with E-state index in [1.54, 1.807) is 29.7 Å². The number of piperidine rings is 1. The lowest BCUT2D eigenvalue weighted by Crippen LogP contribution is -2.62. The summed E-state index contributed by atoms with van der Waals surface area (Å²) in [4.78, 5) is 20.3. The summed E-state index contributed by atoms with van der Waals surface area (Å²) in [6, 6.07) is 7.10. The van der Waals surface area contributed by atoms with Crippen LogP contribution in [0.3, 0.4) is 0 Å². The number of ether oxygens (including phenoxy) is 1. The molecule has 1 aromatic carbocycles. The van der Waals surface area contributed by atoms with E-state index in [0.717, 1.165) is 12.8 Å². The molecule has 1 fully saturated rings. The molecule has 182 valence electrons. The Morgan fingerprint density at radius 1 is 1.12 bits per heavy atom. The Morgan fingerprint density at radius 2 is 1.74 bits per heavy atom. The third kappa shape index (κ3) is 4.39. The predicted octanol–water partition coefficient (Wildman–Crippen LogP) is 4.88. The maximum atomic E-state index is 14.0. The molecule has 6 nitrogen and oxygen atoms in total. The first-order valence-electron chi connectivity index (χ1n) is 11.5. The number of hydrogen-bond donors (Lipinski definition) is 1. The van der Waals surface area contributed by atoms with Gasteiger partial charge in [-0.15, -0.1) is 0 Å². The van der Waals surface area contributed by atoms with Crippen molar-refractivity contribution in [2.24, 2.45) is 0 Å². The van der Waals surface area contributed by atoms with E-state index < -0.39 is 11.6 Å². The van der Waals surface area contributed by atoms with Gasteiger partial charge in [-0.25, -0.2) is 13.8 Å². The van der Waals surface area contributed by atoms with Gasteiger partial charge in [0.1, 0.15) is 23.9 Å². The smallest absolute Gasteiger partial charge is 0.270 e. The van der Waals surface area contributed by atoms with E-state index in [9.17, 15) is 13.6 Å². The largest absolute Gasteiger partial charge is 0.485 e. The monoisotopic (exact) mass is 470 g/mol. The van der Waals surface area contributed by atoms with Gasteiger partial charge in [0.05, 0.1) is 11.3 Å². The summed E-state index contributed by atoms with van der Waals surface area (Å²) in [6.45, 7) is 10.2. The molecular weight excluding hydrogens is 438 g/mol. The molecule has 0 spiro atoms. The number of amides is 1. The van der Waals surface area contributed by atoms with Crippen LogP contribution in [-0.2, 0) is 6.61 Å². The molecule has 0 atom stereocenters. The molecule has 0 aliphatic carbocycles. The standard InChI is InChI=1S/C26H32F2N4O2/c1-16-22(24(33)30-17-13-25(2,3)31(6)26(4,5)14-17)32-12-8-11-21(23(32)29-16)34-15-18-19(27)9-7-10-20(18)28/h7-12,17H,13-15H2,1-6H3,(H,30,33). The second-order valence-electron chi connectivity index (χ2n) is 10.4. The Labute approximate surface area is 198 Å². The van der Waals surface area contributed by atoms with E-state index in [0.29, 0.717) is 22.8 Å². The molecule has 3 aromatic rings. The Hall–Kier alpha value is -3.00. The van der Waals surface area contributed by atoms with Crippen LogP contribution < -0.4 is 10.1 Å². The van der Waals surface area contributed by atoms with Crippen LogP contribution in [-0.4, -0.2) is 44.4 Å². The molecule has 0 bridgehead atoms. The zero-order chi connectivity index (χ0) is 24.8. The maximum absolute atomic E-state index is 14.0. The lowest BCUT2D eigenvalue weighted by atomic mass is 9.77. The Morgan fingerprint density at radius 3 is 2.35 bits per heavy atom. The van der Waals surface area contributed by atoms with Crippen LogP contribution >= 0.6 is 0 Å². The van der Waals surface area contributed by atoms with Crippen molar-refractivity contribution in [3.8, 4) is 5.75 Å². The summed E-state index contributed by atoms with van der Waals surface area (Å²) in [6.07, 6.45) is 3.40. The zero-order valence-corrected chi connectivity index (χ0v) is 20.6. The molecule has 3 heterocycles. The van der Waals surface area contributed by atoms with Gasteiger partial charge < -0.3 is 10.1 Å². The van der Waals surface area contributed by atoms with Crippen molar-refractivity contribution in [1.29, 1.82) is 0 Å². The summed E-state index contributed by atoms with van der Waals surface area (Å²) >= 11 is 0. The first-order valence-corrected chi connectivity index (χ1v) is 11.5. The number of nitrogens with one attached hydrogen (secondary N) is 1. The number of hydrogen-bond acceptors (Lipinski definition) is 4. The second-order valence-corrected chi connectivity index (χ2v) is 10.4.